The quantitative estimate of drug-likeness (QED) is 0.319. The van der Waals surface area contributed by atoms with E-state index in [9.17, 15) is 9.59 Å². The fourth-order valence-corrected chi connectivity index (χ4v) is 4.39. The fraction of sp³-hybridized carbons (Fsp3) is 0.107. The number of nitrogens with zero attached hydrogens (tertiary/aromatic N) is 2. The topological polar surface area (TPSA) is 73.2 Å². The highest BCUT2D eigenvalue weighted by molar-refractivity contribution is 6.32. The molecule has 5 aromatic rings. The van der Waals surface area contributed by atoms with Crippen LogP contribution >= 0.6 is 11.6 Å². The van der Waals surface area contributed by atoms with Crippen molar-refractivity contribution in [3.8, 4) is 0 Å². The molecule has 0 fully saturated rings. The van der Waals surface area contributed by atoms with Crippen LogP contribution < -0.4 is 5.32 Å². The minimum absolute atomic E-state index is 0.235. The lowest BCUT2D eigenvalue weighted by molar-refractivity contribution is 0.0600. The zero-order valence-electron chi connectivity index (χ0n) is 19.0. The molecule has 1 N–H and O–H groups in total. The van der Waals surface area contributed by atoms with Crippen molar-refractivity contribution in [2.45, 2.75) is 13.1 Å². The van der Waals surface area contributed by atoms with Crippen LogP contribution in [0.5, 0.6) is 0 Å². The highest BCUT2D eigenvalue weighted by Crippen LogP contribution is 2.26. The van der Waals surface area contributed by atoms with Gasteiger partial charge in [0.2, 0.25) is 0 Å². The molecule has 0 unspecified atom stereocenters. The first-order valence-corrected chi connectivity index (χ1v) is 11.5. The van der Waals surface area contributed by atoms with Crippen LogP contribution in [0.3, 0.4) is 0 Å². The molecule has 0 spiro atoms. The maximum absolute atomic E-state index is 13.2. The molecule has 0 atom stereocenters. The van der Waals surface area contributed by atoms with Gasteiger partial charge in [0.1, 0.15) is 0 Å². The number of esters is 1. The molecule has 174 valence electrons. The Balaban J connectivity index is 1.40. The van der Waals surface area contributed by atoms with E-state index in [2.05, 4.69) is 22.4 Å². The predicted molar refractivity (Wildman–Crippen MR) is 137 cm³/mol. The molecule has 35 heavy (non-hydrogen) atoms. The number of benzene rings is 3. The molecule has 0 saturated carbocycles. The molecule has 0 bridgehead atoms. The third-order valence-electron chi connectivity index (χ3n) is 5.92. The number of fused-ring (bicyclic) bond motifs is 2. The lowest BCUT2D eigenvalue weighted by atomic mass is 10.1. The number of hydrogen-bond donors (Lipinski definition) is 1. The number of ether oxygens (including phenoxy) is 1. The van der Waals surface area contributed by atoms with Gasteiger partial charge in [0.25, 0.3) is 5.91 Å². The van der Waals surface area contributed by atoms with E-state index in [4.69, 9.17) is 16.3 Å². The van der Waals surface area contributed by atoms with Gasteiger partial charge in [-0.05, 0) is 47.3 Å². The van der Waals surface area contributed by atoms with E-state index >= 15 is 0 Å². The third kappa shape index (κ3) is 4.74. The summed E-state index contributed by atoms with van der Waals surface area (Å²) < 4.78 is 6.74. The van der Waals surface area contributed by atoms with Crippen LogP contribution in [0, 0.1) is 0 Å². The van der Waals surface area contributed by atoms with Gasteiger partial charge in [-0.15, -0.1) is 0 Å². The number of pyridine rings is 1. The van der Waals surface area contributed by atoms with Gasteiger partial charge in [-0.25, -0.2) is 4.79 Å². The second-order valence-electron chi connectivity index (χ2n) is 8.23. The molecule has 0 aliphatic rings. The van der Waals surface area contributed by atoms with Crippen LogP contribution in [0.2, 0.25) is 5.02 Å². The largest absolute Gasteiger partial charge is 0.465 e. The summed E-state index contributed by atoms with van der Waals surface area (Å²) in [6.07, 6.45) is 3.81. The van der Waals surface area contributed by atoms with Crippen molar-refractivity contribution in [3.05, 3.63) is 113 Å². The van der Waals surface area contributed by atoms with Crippen molar-refractivity contribution >= 4 is 45.2 Å². The monoisotopic (exact) mass is 483 g/mol. The van der Waals surface area contributed by atoms with Crippen molar-refractivity contribution < 1.29 is 14.3 Å². The molecular weight excluding hydrogens is 462 g/mol. The maximum Gasteiger partial charge on any atom is 0.337 e. The minimum Gasteiger partial charge on any atom is -0.465 e. The standard InChI is InChI=1S/C28H22ClN3O3/c1-35-28(34)19-8-6-18(7-9-19)15-31-27(33)25-14-23(29)12-21-10-11-32(26(21)25)17-24-13-20-4-2-3-5-22(20)16-30-24/h2-14,16H,15,17H2,1H3,(H,31,33). The van der Waals surface area contributed by atoms with E-state index in [1.807, 2.05) is 47.3 Å². The van der Waals surface area contributed by atoms with Gasteiger partial charge < -0.3 is 14.6 Å². The van der Waals surface area contributed by atoms with E-state index in [-0.39, 0.29) is 5.91 Å². The second-order valence-corrected chi connectivity index (χ2v) is 8.67. The summed E-state index contributed by atoms with van der Waals surface area (Å²) in [7, 11) is 1.34. The first kappa shape index (κ1) is 22.6. The number of carbonyl (C=O) groups is 2. The highest BCUT2D eigenvalue weighted by atomic mass is 35.5. The summed E-state index contributed by atoms with van der Waals surface area (Å²) in [6, 6.07) is 22.6. The number of amides is 1. The van der Waals surface area contributed by atoms with Crippen molar-refractivity contribution in [2.24, 2.45) is 0 Å². The molecule has 0 aliphatic heterocycles. The van der Waals surface area contributed by atoms with E-state index in [1.54, 1.807) is 30.3 Å². The molecule has 0 aliphatic carbocycles. The number of hydrogen-bond acceptors (Lipinski definition) is 4. The van der Waals surface area contributed by atoms with Crippen molar-refractivity contribution in [1.29, 1.82) is 0 Å². The molecule has 6 nitrogen and oxygen atoms in total. The summed E-state index contributed by atoms with van der Waals surface area (Å²) in [6.45, 7) is 0.826. The molecule has 7 heteroatoms. The summed E-state index contributed by atoms with van der Waals surface area (Å²) in [5.74, 6) is -0.635. The predicted octanol–water partition coefficient (Wildman–Crippen LogP) is 5.61. The molecule has 1 amide bonds. The van der Waals surface area contributed by atoms with Crippen LogP contribution in [0.4, 0.5) is 0 Å². The Morgan fingerprint density at radius 1 is 0.971 bits per heavy atom. The Kier molecular flexibility index (Phi) is 6.21. The molecular formula is C28H22ClN3O3. The molecule has 2 aromatic heterocycles. The van der Waals surface area contributed by atoms with Crippen LogP contribution in [-0.2, 0) is 17.8 Å². The number of methoxy groups -OCH3 is 1. The molecule has 0 radical (unpaired) electrons. The maximum atomic E-state index is 13.2. The number of carbonyl (C=O) groups excluding carboxylic acids is 2. The molecule has 2 heterocycles. The van der Waals surface area contributed by atoms with E-state index in [1.165, 1.54) is 7.11 Å². The fourth-order valence-electron chi connectivity index (χ4n) is 4.16. The third-order valence-corrected chi connectivity index (χ3v) is 6.14. The first-order valence-electron chi connectivity index (χ1n) is 11.1. The van der Waals surface area contributed by atoms with Gasteiger partial charge >= 0.3 is 5.97 Å². The Morgan fingerprint density at radius 3 is 2.51 bits per heavy atom. The molecule has 0 saturated heterocycles. The minimum atomic E-state index is -0.399. The van der Waals surface area contributed by atoms with Gasteiger partial charge in [0.05, 0.1) is 36.0 Å². The van der Waals surface area contributed by atoms with Crippen molar-refractivity contribution in [1.82, 2.24) is 14.9 Å². The summed E-state index contributed by atoms with van der Waals surface area (Å²) in [4.78, 5) is 29.4. The lowest BCUT2D eigenvalue weighted by Crippen LogP contribution is -2.23. The highest BCUT2D eigenvalue weighted by Gasteiger charge is 2.16. The zero-order valence-corrected chi connectivity index (χ0v) is 19.8. The average molecular weight is 484 g/mol. The van der Waals surface area contributed by atoms with Gasteiger partial charge in [0, 0.05) is 34.7 Å². The van der Waals surface area contributed by atoms with Crippen LogP contribution in [0.1, 0.15) is 32.0 Å². The van der Waals surface area contributed by atoms with Crippen LogP contribution in [0.25, 0.3) is 21.7 Å². The summed E-state index contributed by atoms with van der Waals surface area (Å²) in [5, 5.41) is 6.53. The van der Waals surface area contributed by atoms with E-state index in [0.29, 0.717) is 29.2 Å². The van der Waals surface area contributed by atoms with Crippen molar-refractivity contribution in [3.63, 3.8) is 0 Å². The summed E-state index contributed by atoms with van der Waals surface area (Å²) in [5.41, 5.74) is 3.50. The molecule has 3 aromatic carbocycles. The lowest BCUT2D eigenvalue weighted by Gasteiger charge is -2.12. The first-order chi connectivity index (χ1) is 17.0. The molecule has 5 rings (SSSR count). The Morgan fingerprint density at radius 2 is 1.74 bits per heavy atom. The van der Waals surface area contributed by atoms with Gasteiger partial charge in [-0.3, -0.25) is 9.78 Å². The Hall–Kier alpha value is -4.16. The van der Waals surface area contributed by atoms with Crippen LogP contribution in [-0.4, -0.2) is 28.5 Å². The SMILES string of the molecule is COC(=O)c1ccc(CNC(=O)c2cc(Cl)cc3ccn(Cc4cc5ccccc5cn4)c23)cc1. The second kappa shape index (κ2) is 9.60. The van der Waals surface area contributed by atoms with Gasteiger partial charge in [-0.1, -0.05) is 48.0 Å². The van der Waals surface area contributed by atoms with Gasteiger partial charge in [0.15, 0.2) is 0 Å². The number of halogens is 1. The van der Waals surface area contributed by atoms with E-state index in [0.717, 1.165) is 32.9 Å². The van der Waals surface area contributed by atoms with Crippen LogP contribution in [0.15, 0.2) is 85.2 Å². The number of rotatable bonds is 6. The average Bonchev–Trinajstić information content (AvgIpc) is 3.28. The summed E-state index contributed by atoms with van der Waals surface area (Å²) >= 11 is 6.34. The van der Waals surface area contributed by atoms with Crippen molar-refractivity contribution in [2.75, 3.05) is 7.11 Å². The van der Waals surface area contributed by atoms with Gasteiger partial charge in [-0.2, -0.15) is 0 Å². The Bertz CT molecular complexity index is 1560. The number of nitrogens with one attached hydrogen (secondary N) is 1. The normalized spacial score (nSPS) is 11.0. The number of aromatic nitrogens is 2. The zero-order chi connectivity index (χ0) is 24.4. The Labute approximate surface area is 207 Å². The smallest absolute Gasteiger partial charge is 0.337 e. The van der Waals surface area contributed by atoms with E-state index < -0.39 is 5.97 Å².